The van der Waals surface area contributed by atoms with Gasteiger partial charge in [0.05, 0.1) is 6.20 Å². The lowest BCUT2D eigenvalue weighted by atomic mass is 10.1. The zero-order valence-electron chi connectivity index (χ0n) is 12.1. The maximum atomic E-state index is 14.3. The van der Waals surface area contributed by atoms with Gasteiger partial charge in [-0.25, -0.2) is 22.7 Å². The van der Waals surface area contributed by atoms with Gasteiger partial charge in [-0.15, -0.1) is 5.10 Å². The monoisotopic (exact) mass is 318 g/mol. The molecule has 3 heterocycles. The van der Waals surface area contributed by atoms with Crippen molar-refractivity contribution in [1.82, 2.24) is 14.6 Å². The number of anilines is 1. The van der Waals surface area contributed by atoms with E-state index in [0.717, 1.165) is 50.3 Å². The summed E-state index contributed by atoms with van der Waals surface area (Å²) >= 11 is 0. The molecule has 0 aliphatic carbocycles. The Morgan fingerprint density at radius 2 is 1.74 bits per heavy atom. The van der Waals surface area contributed by atoms with Gasteiger partial charge in [0, 0.05) is 24.7 Å². The average Bonchev–Trinajstić information content (AvgIpc) is 3.17. The van der Waals surface area contributed by atoms with E-state index in [4.69, 9.17) is 0 Å². The molecular weight excluding hydrogens is 305 g/mol. The highest BCUT2D eigenvalue weighted by atomic mass is 19.1. The van der Waals surface area contributed by atoms with Crippen LogP contribution in [0.2, 0.25) is 0 Å². The summed E-state index contributed by atoms with van der Waals surface area (Å²) in [5, 5.41) is 4.30. The second kappa shape index (κ2) is 5.26. The van der Waals surface area contributed by atoms with Gasteiger partial charge in [0.25, 0.3) is 0 Å². The van der Waals surface area contributed by atoms with E-state index < -0.39 is 17.5 Å². The molecule has 1 fully saturated rings. The van der Waals surface area contributed by atoms with Crippen molar-refractivity contribution in [2.45, 2.75) is 12.8 Å². The van der Waals surface area contributed by atoms with Crippen LogP contribution in [0.3, 0.4) is 0 Å². The lowest BCUT2D eigenvalue weighted by Crippen LogP contribution is -2.17. The summed E-state index contributed by atoms with van der Waals surface area (Å²) in [6, 6.07) is 4.61. The van der Waals surface area contributed by atoms with Crippen LogP contribution in [0.1, 0.15) is 12.8 Å². The number of hydrogen-bond acceptors (Lipinski definition) is 3. The first-order valence-corrected chi connectivity index (χ1v) is 7.38. The molecule has 23 heavy (non-hydrogen) atoms. The van der Waals surface area contributed by atoms with Gasteiger partial charge in [-0.05, 0) is 31.0 Å². The van der Waals surface area contributed by atoms with Crippen molar-refractivity contribution in [2.24, 2.45) is 0 Å². The Hall–Kier alpha value is -2.57. The van der Waals surface area contributed by atoms with E-state index in [1.54, 1.807) is 6.07 Å². The van der Waals surface area contributed by atoms with E-state index in [2.05, 4.69) is 15.0 Å². The highest BCUT2D eigenvalue weighted by Crippen LogP contribution is 2.27. The van der Waals surface area contributed by atoms with Gasteiger partial charge in [0.15, 0.2) is 17.3 Å². The molecule has 3 aromatic rings. The number of nitrogens with zero attached hydrogens (tertiary/aromatic N) is 4. The van der Waals surface area contributed by atoms with Crippen LogP contribution in [0.15, 0.2) is 30.5 Å². The third kappa shape index (κ3) is 2.42. The van der Waals surface area contributed by atoms with Gasteiger partial charge < -0.3 is 4.90 Å². The van der Waals surface area contributed by atoms with Crippen molar-refractivity contribution in [1.29, 1.82) is 0 Å². The average molecular weight is 318 g/mol. The van der Waals surface area contributed by atoms with Crippen LogP contribution < -0.4 is 4.90 Å². The third-order valence-corrected chi connectivity index (χ3v) is 4.00. The third-order valence-electron chi connectivity index (χ3n) is 4.00. The van der Waals surface area contributed by atoms with Crippen molar-refractivity contribution >= 4 is 11.5 Å². The highest BCUT2D eigenvalue weighted by Gasteiger charge is 2.19. The fraction of sp³-hybridized carbons (Fsp3) is 0.250. The van der Waals surface area contributed by atoms with Gasteiger partial charge in [-0.3, -0.25) is 0 Å². The Balaban J connectivity index is 1.84. The van der Waals surface area contributed by atoms with Gasteiger partial charge >= 0.3 is 0 Å². The van der Waals surface area contributed by atoms with E-state index in [9.17, 15) is 13.2 Å². The molecule has 0 atom stereocenters. The summed E-state index contributed by atoms with van der Waals surface area (Å²) in [5.41, 5.74) is -0.0248. The molecule has 0 N–H and O–H groups in total. The molecule has 2 aromatic heterocycles. The number of aromatic nitrogens is 3. The molecule has 4 nitrogen and oxygen atoms in total. The molecule has 1 saturated heterocycles. The Labute approximate surface area is 130 Å². The quantitative estimate of drug-likeness (QED) is 0.726. The fourth-order valence-electron chi connectivity index (χ4n) is 2.86. The molecule has 7 heteroatoms. The van der Waals surface area contributed by atoms with Crippen molar-refractivity contribution in [3.63, 3.8) is 0 Å². The van der Waals surface area contributed by atoms with Crippen molar-refractivity contribution < 1.29 is 13.2 Å². The molecule has 1 aliphatic rings. The number of rotatable bonds is 2. The minimum Gasteiger partial charge on any atom is -0.355 e. The summed E-state index contributed by atoms with van der Waals surface area (Å²) < 4.78 is 42.8. The lowest BCUT2D eigenvalue weighted by Gasteiger charge is -2.12. The van der Waals surface area contributed by atoms with Crippen molar-refractivity contribution in [3.8, 4) is 11.3 Å². The Bertz CT molecular complexity index is 884. The first-order valence-electron chi connectivity index (χ1n) is 7.38. The largest absolute Gasteiger partial charge is 0.355 e. The lowest BCUT2D eigenvalue weighted by molar-refractivity contribution is 0.591. The van der Waals surface area contributed by atoms with Gasteiger partial charge in [0.2, 0.25) is 0 Å². The predicted octanol–water partition coefficient (Wildman–Crippen LogP) is 3.41. The van der Waals surface area contributed by atoms with Crippen molar-refractivity contribution in [3.05, 3.63) is 47.9 Å². The van der Waals surface area contributed by atoms with Crippen LogP contribution >= 0.6 is 0 Å². The van der Waals surface area contributed by atoms with Crippen LogP contribution in [-0.4, -0.2) is 27.7 Å². The predicted molar refractivity (Wildman–Crippen MR) is 79.7 cm³/mol. The van der Waals surface area contributed by atoms with Crippen LogP contribution in [-0.2, 0) is 0 Å². The van der Waals surface area contributed by atoms with E-state index >= 15 is 0 Å². The summed E-state index contributed by atoms with van der Waals surface area (Å²) in [5.74, 6) is -1.40. The fourth-order valence-corrected chi connectivity index (χ4v) is 2.86. The van der Waals surface area contributed by atoms with Crippen LogP contribution in [0, 0.1) is 17.5 Å². The minimum absolute atomic E-state index is 0.200. The first kappa shape index (κ1) is 14.0. The number of fused-ring (bicyclic) bond motifs is 1. The van der Waals surface area contributed by atoms with E-state index in [0.29, 0.717) is 11.5 Å². The number of hydrogen-bond donors (Lipinski definition) is 0. The summed E-state index contributed by atoms with van der Waals surface area (Å²) in [7, 11) is 0. The van der Waals surface area contributed by atoms with Crippen LogP contribution in [0.4, 0.5) is 19.0 Å². The molecule has 0 radical (unpaired) electrons. The Kier molecular flexibility index (Phi) is 3.21. The highest BCUT2D eigenvalue weighted by molar-refractivity contribution is 5.64. The minimum atomic E-state index is -0.752. The summed E-state index contributed by atoms with van der Waals surface area (Å²) in [6.07, 6.45) is 3.33. The number of benzene rings is 1. The van der Waals surface area contributed by atoms with Gasteiger partial charge in [0.1, 0.15) is 17.3 Å². The Morgan fingerprint density at radius 3 is 2.52 bits per heavy atom. The number of halogens is 3. The van der Waals surface area contributed by atoms with Crippen molar-refractivity contribution in [2.75, 3.05) is 18.0 Å². The molecule has 1 aromatic carbocycles. The van der Waals surface area contributed by atoms with Gasteiger partial charge in [-0.1, -0.05) is 0 Å². The molecule has 0 unspecified atom stereocenters. The standard InChI is InChI=1S/C16H13F3N4/c17-10-3-4-12(18)11(7-10)16-13(19)9-23-14(20-16)8-15(21-23)22-5-1-2-6-22/h3-4,7-9H,1-2,5-6H2. The molecule has 0 amide bonds. The molecule has 0 saturated carbocycles. The molecule has 0 bridgehead atoms. The summed E-state index contributed by atoms with van der Waals surface area (Å²) in [4.78, 5) is 6.22. The second-order valence-corrected chi connectivity index (χ2v) is 5.56. The maximum absolute atomic E-state index is 14.3. The topological polar surface area (TPSA) is 33.4 Å². The smallest absolute Gasteiger partial charge is 0.167 e. The van der Waals surface area contributed by atoms with E-state index in [1.165, 1.54) is 4.52 Å². The van der Waals surface area contributed by atoms with E-state index in [1.807, 2.05) is 0 Å². The normalized spacial score (nSPS) is 14.8. The molecule has 4 rings (SSSR count). The van der Waals surface area contributed by atoms with Gasteiger partial charge in [-0.2, -0.15) is 0 Å². The molecule has 118 valence electrons. The zero-order chi connectivity index (χ0) is 16.0. The Morgan fingerprint density at radius 1 is 0.957 bits per heavy atom. The molecule has 0 spiro atoms. The second-order valence-electron chi connectivity index (χ2n) is 5.56. The van der Waals surface area contributed by atoms with Crippen LogP contribution in [0.5, 0.6) is 0 Å². The zero-order valence-corrected chi connectivity index (χ0v) is 12.1. The van der Waals surface area contributed by atoms with Crippen LogP contribution in [0.25, 0.3) is 16.9 Å². The summed E-state index contributed by atoms with van der Waals surface area (Å²) in [6.45, 7) is 1.80. The maximum Gasteiger partial charge on any atom is 0.167 e. The molecular formula is C16H13F3N4. The molecule has 1 aliphatic heterocycles. The first-order chi connectivity index (χ1) is 11.1. The van der Waals surface area contributed by atoms with E-state index in [-0.39, 0.29) is 11.3 Å². The SMILES string of the molecule is Fc1ccc(F)c(-c2nc3cc(N4CCCC4)nn3cc2F)c1.